The van der Waals surface area contributed by atoms with Crippen LogP contribution in [0.5, 0.6) is 0 Å². The highest BCUT2D eigenvalue weighted by atomic mass is 35.5. The fourth-order valence-corrected chi connectivity index (χ4v) is 4.13. The standard InChI is InChI=1S/C22H25ClN2O2/c1-16-15-25(13-14-27-16)20-9-7-19(8-10-20)24-21(26)22(11-2-12-22)17-3-5-18(23)6-4-17/h3-10,16H,2,11-15H2,1H3,(H,24,26)/t16-/m0/s1. The minimum Gasteiger partial charge on any atom is -0.375 e. The van der Waals surface area contributed by atoms with Gasteiger partial charge in [-0.15, -0.1) is 0 Å². The van der Waals surface area contributed by atoms with Crippen molar-refractivity contribution >= 4 is 28.9 Å². The quantitative estimate of drug-likeness (QED) is 0.835. The molecule has 27 heavy (non-hydrogen) atoms. The van der Waals surface area contributed by atoms with Crippen LogP contribution < -0.4 is 10.2 Å². The summed E-state index contributed by atoms with van der Waals surface area (Å²) in [6, 6.07) is 15.8. The molecule has 1 N–H and O–H groups in total. The lowest BCUT2D eigenvalue weighted by Gasteiger charge is -2.40. The smallest absolute Gasteiger partial charge is 0.235 e. The minimum absolute atomic E-state index is 0.0730. The molecule has 5 heteroatoms. The number of nitrogens with zero attached hydrogens (tertiary/aromatic N) is 1. The third kappa shape index (κ3) is 3.69. The Morgan fingerprint density at radius 3 is 2.44 bits per heavy atom. The molecule has 1 aliphatic heterocycles. The van der Waals surface area contributed by atoms with E-state index in [1.165, 1.54) is 5.69 Å². The molecule has 0 spiro atoms. The number of nitrogens with one attached hydrogen (secondary N) is 1. The first-order chi connectivity index (χ1) is 13.1. The van der Waals surface area contributed by atoms with Crippen LogP contribution in [-0.2, 0) is 14.9 Å². The van der Waals surface area contributed by atoms with Crippen molar-refractivity contribution in [3.05, 3.63) is 59.1 Å². The van der Waals surface area contributed by atoms with E-state index in [-0.39, 0.29) is 12.0 Å². The molecule has 4 nitrogen and oxygen atoms in total. The molecule has 1 saturated heterocycles. The molecule has 0 radical (unpaired) electrons. The first-order valence-electron chi connectivity index (χ1n) is 9.61. The van der Waals surface area contributed by atoms with Crippen LogP contribution >= 0.6 is 11.6 Å². The molecule has 2 fully saturated rings. The molecule has 1 heterocycles. The summed E-state index contributed by atoms with van der Waals surface area (Å²) in [4.78, 5) is 15.4. The number of rotatable bonds is 4. The molecule has 142 valence electrons. The number of hydrogen-bond donors (Lipinski definition) is 1. The fraction of sp³-hybridized carbons (Fsp3) is 0.409. The Balaban J connectivity index is 1.46. The molecule has 2 aliphatic rings. The van der Waals surface area contributed by atoms with Gasteiger partial charge in [0.15, 0.2) is 0 Å². The Morgan fingerprint density at radius 2 is 1.85 bits per heavy atom. The van der Waals surface area contributed by atoms with E-state index >= 15 is 0 Å². The number of carbonyl (C=O) groups excluding carboxylic acids is 1. The van der Waals surface area contributed by atoms with Gasteiger partial charge >= 0.3 is 0 Å². The second kappa shape index (κ2) is 7.53. The Labute approximate surface area is 165 Å². The molecule has 4 rings (SSSR count). The molecule has 0 aromatic heterocycles. The van der Waals surface area contributed by atoms with Crippen molar-refractivity contribution in [3.8, 4) is 0 Å². The van der Waals surface area contributed by atoms with E-state index in [0.29, 0.717) is 5.02 Å². The minimum atomic E-state index is -0.428. The first-order valence-corrected chi connectivity index (χ1v) is 9.99. The maximum atomic E-state index is 13.1. The van der Waals surface area contributed by atoms with Gasteiger partial charge in [0.1, 0.15) is 0 Å². The molecule has 0 bridgehead atoms. The fourth-order valence-electron chi connectivity index (χ4n) is 4.01. The maximum Gasteiger partial charge on any atom is 0.235 e. The highest BCUT2D eigenvalue weighted by Gasteiger charge is 2.45. The SMILES string of the molecule is C[C@H]1CN(c2ccc(NC(=O)C3(c4ccc(Cl)cc4)CCC3)cc2)CCO1. The van der Waals surface area contributed by atoms with Gasteiger partial charge in [-0.25, -0.2) is 0 Å². The predicted octanol–water partition coefficient (Wildman–Crippen LogP) is 4.63. The molecule has 1 aliphatic carbocycles. The van der Waals surface area contributed by atoms with Crippen molar-refractivity contribution in [1.29, 1.82) is 0 Å². The zero-order valence-electron chi connectivity index (χ0n) is 15.6. The van der Waals surface area contributed by atoms with E-state index in [2.05, 4.69) is 29.3 Å². The van der Waals surface area contributed by atoms with Gasteiger partial charge in [-0.2, -0.15) is 0 Å². The molecule has 2 aromatic rings. The van der Waals surface area contributed by atoms with Gasteiger partial charge in [0.25, 0.3) is 0 Å². The van der Waals surface area contributed by atoms with Crippen LogP contribution in [0.1, 0.15) is 31.7 Å². The lowest BCUT2D eigenvalue weighted by molar-refractivity contribution is -0.124. The molecular weight excluding hydrogens is 360 g/mol. The van der Waals surface area contributed by atoms with E-state index in [1.807, 2.05) is 36.4 Å². The summed E-state index contributed by atoms with van der Waals surface area (Å²) in [6.07, 6.45) is 3.08. The van der Waals surface area contributed by atoms with Crippen molar-refractivity contribution in [2.75, 3.05) is 29.9 Å². The Kier molecular flexibility index (Phi) is 5.11. The van der Waals surface area contributed by atoms with E-state index in [0.717, 1.165) is 50.2 Å². The van der Waals surface area contributed by atoms with Crippen LogP contribution in [0.25, 0.3) is 0 Å². The van der Waals surface area contributed by atoms with Crippen molar-refractivity contribution in [1.82, 2.24) is 0 Å². The van der Waals surface area contributed by atoms with Crippen molar-refractivity contribution in [2.24, 2.45) is 0 Å². The molecule has 1 atom stereocenters. The molecule has 0 unspecified atom stereocenters. The van der Waals surface area contributed by atoms with Gasteiger partial charge in [-0.05, 0) is 61.7 Å². The summed E-state index contributed by atoms with van der Waals surface area (Å²) in [5, 5.41) is 3.82. The average molecular weight is 385 g/mol. The Hall–Kier alpha value is -2.04. The summed E-state index contributed by atoms with van der Waals surface area (Å²) < 4.78 is 5.60. The van der Waals surface area contributed by atoms with E-state index in [1.54, 1.807) is 0 Å². The van der Waals surface area contributed by atoms with Gasteiger partial charge in [0.2, 0.25) is 5.91 Å². The number of anilines is 2. The number of benzene rings is 2. The summed E-state index contributed by atoms with van der Waals surface area (Å²) in [5.41, 5.74) is 2.63. The van der Waals surface area contributed by atoms with Gasteiger partial charge in [-0.1, -0.05) is 30.2 Å². The second-order valence-corrected chi connectivity index (χ2v) is 8.01. The van der Waals surface area contributed by atoms with Crippen molar-refractivity contribution < 1.29 is 9.53 Å². The van der Waals surface area contributed by atoms with Gasteiger partial charge < -0.3 is 15.0 Å². The van der Waals surface area contributed by atoms with Gasteiger partial charge in [0.05, 0.1) is 18.1 Å². The van der Waals surface area contributed by atoms with Crippen LogP contribution in [0.15, 0.2) is 48.5 Å². The number of hydrogen-bond acceptors (Lipinski definition) is 3. The van der Waals surface area contributed by atoms with Crippen LogP contribution in [0.4, 0.5) is 11.4 Å². The van der Waals surface area contributed by atoms with Crippen LogP contribution in [0.3, 0.4) is 0 Å². The monoisotopic (exact) mass is 384 g/mol. The molecular formula is C22H25ClN2O2. The van der Waals surface area contributed by atoms with Crippen LogP contribution in [0, 0.1) is 0 Å². The normalized spacial score (nSPS) is 21.4. The van der Waals surface area contributed by atoms with E-state index < -0.39 is 5.41 Å². The third-order valence-electron chi connectivity index (χ3n) is 5.77. The Morgan fingerprint density at radius 1 is 1.15 bits per heavy atom. The summed E-state index contributed by atoms with van der Waals surface area (Å²) in [7, 11) is 0. The molecule has 1 saturated carbocycles. The molecule has 2 aromatic carbocycles. The topological polar surface area (TPSA) is 41.6 Å². The van der Waals surface area contributed by atoms with E-state index in [9.17, 15) is 4.79 Å². The van der Waals surface area contributed by atoms with Crippen molar-refractivity contribution in [2.45, 2.75) is 37.7 Å². The van der Waals surface area contributed by atoms with E-state index in [4.69, 9.17) is 16.3 Å². The average Bonchev–Trinajstić information content (AvgIpc) is 2.63. The first kappa shape index (κ1) is 18.3. The number of morpholine rings is 1. The van der Waals surface area contributed by atoms with Crippen LogP contribution in [-0.4, -0.2) is 31.7 Å². The summed E-state index contributed by atoms with van der Waals surface area (Å²) in [6.45, 7) is 4.64. The third-order valence-corrected chi connectivity index (χ3v) is 6.02. The zero-order chi connectivity index (χ0) is 18.9. The summed E-state index contributed by atoms with van der Waals surface area (Å²) in [5.74, 6) is 0.0730. The Bertz CT molecular complexity index is 800. The highest BCUT2D eigenvalue weighted by Crippen LogP contribution is 2.45. The largest absolute Gasteiger partial charge is 0.375 e. The number of carbonyl (C=O) groups is 1. The summed E-state index contributed by atoms with van der Waals surface area (Å²) >= 11 is 6.01. The number of halogens is 1. The lowest BCUT2D eigenvalue weighted by Crippen LogP contribution is -2.46. The lowest BCUT2D eigenvalue weighted by atomic mass is 9.64. The second-order valence-electron chi connectivity index (χ2n) is 7.57. The highest BCUT2D eigenvalue weighted by molar-refractivity contribution is 6.30. The molecule has 1 amide bonds. The number of amides is 1. The predicted molar refractivity (Wildman–Crippen MR) is 110 cm³/mol. The number of ether oxygens (including phenoxy) is 1. The van der Waals surface area contributed by atoms with Crippen molar-refractivity contribution in [3.63, 3.8) is 0 Å². The zero-order valence-corrected chi connectivity index (χ0v) is 16.3. The maximum absolute atomic E-state index is 13.1. The van der Waals surface area contributed by atoms with Gasteiger partial charge in [-0.3, -0.25) is 4.79 Å². The van der Waals surface area contributed by atoms with Gasteiger partial charge in [0, 0.05) is 29.5 Å². The van der Waals surface area contributed by atoms with Crippen LogP contribution in [0.2, 0.25) is 5.02 Å².